The molecule has 0 spiro atoms. The molecule has 0 bridgehead atoms. The summed E-state index contributed by atoms with van der Waals surface area (Å²) in [7, 11) is 3.95. The molecule has 0 N–H and O–H groups in total. The lowest BCUT2D eigenvalue weighted by molar-refractivity contribution is 0.157. The lowest BCUT2D eigenvalue weighted by Crippen LogP contribution is -2.37. The van der Waals surface area contributed by atoms with E-state index in [4.69, 9.17) is 4.74 Å². The minimum atomic E-state index is 0.784. The molecule has 4 rings (SSSR count). The molecule has 1 fully saturated rings. The summed E-state index contributed by atoms with van der Waals surface area (Å²) in [6.07, 6.45) is 3.65. The van der Waals surface area contributed by atoms with Crippen LogP contribution in [0, 0.1) is 5.92 Å². The highest BCUT2D eigenvalue weighted by Gasteiger charge is 2.20. The predicted octanol–water partition coefficient (Wildman–Crippen LogP) is 4.09. The number of hydrogen-bond acceptors (Lipinski definition) is 6. The number of likely N-dealkylation sites (tertiary alicyclic amines) is 1. The number of fused-ring (bicyclic) bond motifs is 1. The molecule has 0 unspecified atom stereocenters. The van der Waals surface area contributed by atoms with E-state index in [2.05, 4.69) is 68.1 Å². The van der Waals surface area contributed by atoms with Crippen LogP contribution in [0.5, 0.6) is 5.75 Å². The topological polar surface area (TPSA) is 41.5 Å². The Hall–Kier alpha value is -2.02. The van der Waals surface area contributed by atoms with Gasteiger partial charge >= 0.3 is 0 Å². The molecule has 1 aliphatic rings. The Morgan fingerprint density at radius 1 is 1.03 bits per heavy atom. The lowest BCUT2D eigenvalue weighted by atomic mass is 9.96. The van der Waals surface area contributed by atoms with Crippen LogP contribution in [0.15, 0.2) is 42.5 Å². The van der Waals surface area contributed by atoms with Crippen LogP contribution in [0.4, 0.5) is 0 Å². The molecule has 2 heterocycles. The van der Waals surface area contributed by atoms with Crippen molar-refractivity contribution in [2.45, 2.75) is 25.8 Å². The van der Waals surface area contributed by atoms with Crippen LogP contribution in [0.2, 0.25) is 0 Å². The highest BCUT2D eigenvalue weighted by atomic mass is 32.1. The number of ether oxygens (including phenoxy) is 1. The Morgan fingerprint density at radius 2 is 1.76 bits per heavy atom. The third kappa shape index (κ3) is 5.53. The maximum absolute atomic E-state index is 5.29. The van der Waals surface area contributed by atoms with Gasteiger partial charge in [0.15, 0.2) is 0 Å². The standard InChI is InChI=1S/C23H30N4OS/c1-26-12-9-19(10-13-26)16-27(14-11-18-3-6-21(28-2)7-4-18)17-20-5-8-22-23(15-20)25-29-24-22/h3-8,15,19H,9-14,16-17H2,1-2H3. The molecule has 5 nitrogen and oxygen atoms in total. The molecule has 0 radical (unpaired) electrons. The fourth-order valence-electron chi connectivity index (χ4n) is 4.11. The number of aromatic nitrogens is 2. The zero-order valence-electron chi connectivity index (χ0n) is 17.4. The van der Waals surface area contributed by atoms with Crippen LogP contribution in [-0.4, -0.2) is 58.9 Å². The molecule has 1 aliphatic heterocycles. The molecule has 1 aromatic heterocycles. The Bertz CT molecular complexity index is 903. The summed E-state index contributed by atoms with van der Waals surface area (Å²) in [4.78, 5) is 5.07. The van der Waals surface area contributed by atoms with Crippen LogP contribution in [-0.2, 0) is 13.0 Å². The second kappa shape index (κ2) is 9.65. The smallest absolute Gasteiger partial charge is 0.118 e. The van der Waals surface area contributed by atoms with Crippen molar-refractivity contribution in [1.82, 2.24) is 18.5 Å². The predicted molar refractivity (Wildman–Crippen MR) is 120 cm³/mol. The average molecular weight is 411 g/mol. The van der Waals surface area contributed by atoms with E-state index in [9.17, 15) is 0 Å². The number of hydrogen-bond donors (Lipinski definition) is 0. The average Bonchev–Trinajstić information content (AvgIpc) is 3.22. The summed E-state index contributed by atoms with van der Waals surface area (Å²) < 4.78 is 14.0. The third-order valence-corrected chi connectivity index (χ3v) is 6.51. The van der Waals surface area contributed by atoms with Gasteiger partial charge in [-0.2, -0.15) is 8.75 Å². The highest BCUT2D eigenvalue weighted by Crippen LogP contribution is 2.21. The van der Waals surface area contributed by atoms with Crippen molar-refractivity contribution in [2.75, 3.05) is 40.3 Å². The molecule has 0 aliphatic carbocycles. The minimum absolute atomic E-state index is 0.784. The quantitative estimate of drug-likeness (QED) is 0.560. The summed E-state index contributed by atoms with van der Waals surface area (Å²) in [5.41, 5.74) is 4.70. The van der Waals surface area contributed by atoms with Gasteiger partial charge in [-0.25, -0.2) is 0 Å². The summed E-state index contributed by atoms with van der Waals surface area (Å²) >= 11 is 1.29. The van der Waals surface area contributed by atoms with Crippen LogP contribution < -0.4 is 4.74 Å². The van der Waals surface area contributed by atoms with Gasteiger partial charge in [0.25, 0.3) is 0 Å². The van der Waals surface area contributed by atoms with Gasteiger partial charge < -0.3 is 9.64 Å². The lowest BCUT2D eigenvalue weighted by Gasteiger charge is -2.33. The van der Waals surface area contributed by atoms with Crippen molar-refractivity contribution in [3.8, 4) is 5.75 Å². The fraction of sp³-hybridized carbons (Fsp3) is 0.478. The Balaban J connectivity index is 1.43. The van der Waals surface area contributed by atoms with Crippen molar-refractivity contribution >= 4 is 22.8 Å². The summed E-state index contributed by atoms with van der Waals surface area (Å²) in [6, 6.07) is 15.0. The summed E-state index contributed by atoms with van der Waals surface area (Å²) in [5, 5.41) is 0. The summed E-state index contributed by atoms with van der Waals surface area (Å²) in [6.45, 7) is 5.63. The zero-order valence-corrected chi connectivity index (χ0v) is 18.2. The van der Waals surface area contributed by atoms with Gasteiger partial charge in [0, 0.05) is 19.6 Å². The van der Waals surface area contributed by atoms with Crippen molar-refractivity contribution in [2.24, 2.45) is 5.92 Å². The first-order chi connectivity index (χ1) is 14.2. The largest absolute Gasteiger partial charge is 0.497 e. The molecule has 3 aromatic rings. The number of nitrogens with zero attached hydrogens (tertiary/aromatic N) is 4. The van der Waals surface area contributed by atoms with E-state index in [1.165, 1.54) is 48.8 Å². The molecule has 0 amide bonds. The summed E-state index contributed by atoms with van der Waals surface area (Å²) in [5.74, 6) is 1.70. The SMILES string of the molecule is COc1ccc(CCN(Cc2ccc3nsnc3c2)CC2CCN(C)CC2)cc1. The van der Waals surface area contributed by atoms with Crippen LogP contribution in [0.25, 0.3) is 11.0 Å². The second-order valence-electron chi connectivity index (χ2n) is 8.17. The molecule has 0 atom stereocenters. The van der Waals surface area contributed by atoms with Crippen LogP contribution in [0.3, 0.4) is 0 Å². The Labute approximate surface area is 177 Å². The fourth-order valence-corrected chi connectivity index (χ4v) is 4.63. The first-order valence-corrected chi connectivity index (χ1v) is 11.2. The first-order valence-electron chi connectivity index (χ1n) is 10.4. The maximum Gasteiger partial charge on any atom is 0.118 e. The van der Waals surface area contributed by atoms with E-state index in [1.54, 1.807) is 7.11 Å². The molecular formula is C23H30N4OS. The number of methoxy groups -OCH3 is 1. The number of benzene rings is 2. The molecule has 6 heteroatoms. The molecule has 154 valence electrons. The van der Waals surface area contributed by atoms with E-state index in [0.717, 1.165) is 48.8 Å². The van der Waals surface area contributed by atoms with Gasteiger partial charge in [-0.05, 0) is 80.7 Å². The molecule has 29 heavy (non-hydrogen) atoms. The van der Waals surface area contributed by atoms with E-state index in [-0.39, 0.29) is 0 Å². The second-order valence-corrected chi connectivity index (χ2v) is 8.70. The van der Waals surface area contributed by atoms with Gasteiger partial charge in [-0.15, -0.1) is 0 Å². The molecule has 0 saturated carbocycles. The van der Waals surface area contributed by atoms with E-state index in [0.29, 0.717) is 0 Å². The van der Waals surface area contributed by atoms with Gasteiger partial charge in [0.1, 0.15) is 16.8 Å². The number of rotatable bonds is 8. The molecule has 1 saturated heterocycles. The maximum atomic E-state index is 5.29. The Morgan fingerprint density at radius 3 is 2.52 bits per heavy atom. The molecule has 2 aromatic carbocycles. The van der Waals surface area contributed by atoms with E-state index < -0.39 is 0 Å². The van der Waals surface area contributed by atoms with E-state index in [1.807, 2.05) is 0 Å². The van der Waals surface area contributed by atoms with Gasteiger partial charge in [0.05, 0.1) is 18.8 Å². The van der Waals surface area contributed by atoms with Gasteiger partial charge in [-0.3, -0.25) is 4.90 Å². The monoisotopic (exact) mass is 410 g/mol. The third-order valence-electron chi connectivity index (χ3n) is 5.95. The van der Waals surface area contributed by atoms with Gasteiger partial charge in [0.2, 0.25) is 0 Å². The van der Waals surface area contributed by atoms with Crippen molar-refractivity contribution < 1.29 is 4.74 Å². The van der Waals surface area contributed by atoms with Gasteiger partial charge in [-0.1, -0.05) is 18.2 Å². The van der Waals surface area contributed by atoms with Crippen LogP contribution >= 0.6 is 11.7 Å². The molecular weight excluding hydrogens is 380 g/mol. The highest BCUT2D eigenvalue weighted by molar-refractivity contribution is 7.00. The van der Waals surface area contributed by atoms with Crippen molar-refractivity contribution in [1.29, 1.82) is 0 Å². The Kier molecular flexibility index (Phi) is 6.74. The number of piperidine rings is 1. The van der Waals surface area contributed by atoms with Crippen molar-refractivity contribution in [3.63, 3.8) is 0 Å². The normalized spacial score (nSPS) is 16.0. The van der Waals surface area contributed by atoms with E-state index >= 15 is 0 Å². The van der Waals surface area contributed by atoms with Crippen LogP contribution in [0.1, 0.15) is 24.0 Å². The zero-order chi connectivity index (χ0) is 20.1. The van der Waals surface area contributed by atoms with Crippen molar-refractivity contribution in [3.05, 3.63) is 53.6 Å². The first kappa shape index (κ1) is 20.3. The minimum Gasteiger partial charge on any atom is -0.497 e.